The van der Waals surface area contributed by atoms with Crippen molar-refractivity contribution in [1.82, 2.24) is 14.8 Å². The Kier molecular flexibility index (Phi) is 5.62. The van der Waals surface area contributed by atoms with Crippen LogP contribution in [-0.2, 0) is 0 Å². The lowest BCUT2D eigenvalue weighted by Gasteiger charge is -2.39. The molecular formula is C13H23BrN4S. The summed E-state index contributed by atoms with van der Waals surface area (Å²) >= 11 is 5.05. The molecule has 1 fully saturated rings. The van der Waals surface area contributed by atoms with Crippen LogP contribution in [0.4, 0.5) is 5.13 Å². The lowest BCUT2D eigenvalue weighted by Crippen LogP contribution is -2.52. The summed E-state index contributed by atoms with van der Waals surface area (Å²) in [6.45, 7) is 10.3. The van der Waals surface area contributed by atoms with Gasteiger partial charge in [0.25, 0.3) is 0 Å². The van der Waals surface area contributed by atoms with E-state index in [2.05, 4.69) is 56.9 Å². The number of nitrogens with zero attached hydrogens (tertiary/aromatic N) is 3. The van der Waals surface area contributed by atoms with Crippen LogP contribution in [0.2, 0.25) is 0 Å². The molecule has 1 aromatic rings. The maximum Gasteiger partial charge on any atom is 0.183 e. The minimum absolute atomic E-state index is 0.580. The zero-order valence-corrected chi connectivity index (χ0v) is 14.3. The summed E-state index contributed by atoms with van der Waals surface area (Å²) in [5, 5.41) is 6.50. The molecule has 1 unspecified atom stereocenters. The molecule has 0 amide bonds. The average Bonchev–Trinajstić information content (AvgIpc) is 2.77. The number of likely N-dealkylation sites (N-methyl/N-ethyl adjacent to an activating group) is 1. The molecule has 4 nitrogen and oxygen atoms in total. The number of hydrogen-bond donors (Lipinski definition) is 1. The second-order valence-corrected chi connectivity index (χ2v) is 7.18. The van der Waals surface area contributed by atoms with Gasteiger partial charge in [-0.3, -0.25) is 4.90 Å². The number of piperazine rings is 1. The van der Waals surface area contributed by atoms with E-state index in [-0.39, 0.29) is 0 Å². The molecule has 0 radical (unpaired) electrons. The molecule has 2 heterocycles. The molecule has 6 heteroatoms. The molecule has 1 aliphatic rings. The van der Waals surface area contributed by atoms with E-state index >= 15 is 0 Å². The van der Waals surface area contributed by atoms with Crippen LogP contribution in [0.15, 0.2) is 9.98 Å². The summed E-state index contributed by atoms with van der Waals surface area (Å²) in [6, 6.07) is 0.580. The average molecular weight is 347 g/mol. The van der Waals surface area contributed by atoms with E-state index in [0.29, 0.717) is 12.0 Å². The molecule has 2 rings (SSSR count). The van der Waals surface area contributed by atoms with Crippen LogP contribution < -0.4 is 5.32 Å². The van der Waals surface area contributed by atoms with E-state index < -0.39 is 0 Å². The van der Waals surface area contributed by atoms with Gasteiger partial charge in [-0.15, -0.1) is 11.3 Å². The highest BCUT2D eigenvalue weighted by atomic mass is 79.9. The fraction of sp³-hybridized carbons (Fsp3) is 0.769. The first-order chi connectivity index (χ1) is 9.06. The largest absolute Gasteiger partial charge is 0.360 e. The summed E-state index contributed by atoms with van der Waals surface area (Å²) in [4.78, 5) is 9.41. The van der Waals surface area contributed by atoms with Crippen molar-refractivity contribution in [2.45, 2.75) is 19.9 Å². The Bertz CT molecular complexity index is 388. The van der Waals surface area contributed by atoms with E-state index in [1.54, 1.807) is 11.3 Å². The number of anilines is 1. The monoisotopic (exact) mass is 346 g/mol. The van der Waals surface area contributed by atoms with Crippen molar-refractivity contribution in [2.75, 3.05) is 45.1 Å². The van der Waals surface area contributed by atoms with Gasteiger partial charge in [-0.05, 0) is 28.9 Å². The predicted octanol–water partition coefficient (Wildman–Crippen LogP) is 2.59. The lowest BCUT2D eigenvalue weighted by atomic mass is 10.0. The third-order valence-electron chi connectivity index (χ3n) is 3.72. The van der Waals surface area contributed by atoms with Gasteiger partial charge in [0.15, 0.2) is 5.13 Å². The Balaban J connectivity index is 1.89. The molecule has 0 spiro atoms. The predicted molar refractivity (Wildman–Crippen MR) is 86.0 cm³/mol. The maximum atomic E-state index is 4.40. The number of nitrogens with one attached hydrogen (secondary N) is 1. The van der Waals surface area contributed by atoms with Crippen LogP contribution in [0.1, 0.15) is 13.8 Å². The molecule has 0 bridgehead atoms. The Labute approximate surface area is 128 Å². The first-order valence-electron chi connectivity index (χ1n) is 6.83. The van der Waals surface area contributed by atoms with Gasteiger partial charge in [-0.1, -0.05) is 13.8 Å². The third-order valence-corrected chi connectivity index (χ3v) is 5.22. The second-order valence-electron chi connectivity index (χ2n) is 5.51. The van der Waals surface area contributed by atoms with Crippen LogP contribution >= 0.6 is 27.3 Å². The maximum absolute atomic E-state index is 4.40. The quantitative estimate of drug-likeness (QED) is 0.887. The molecule has 1 aliphatic heterocycles. The van der Waals surface area contributed by atoms with E-state index in [9.17, 15) is 0 Å². The van der Waals surface area contributed by atoms with E-state index in [4.69, 9.17) is 0 Å². The molecule has 1 aromatic heterocycles. The molecule has 1 atom stereocenters. The first-order valence-corrected chi connectivity index (χ1v) is 8.51. The van der Waals surface area contributed by atoms with Crippen LogP contribution in [0.25, 0.3) is 0 Å². The Morgan fingerprint density at radius 3 is 2.58 bits per heavy atom. The third kappa shape index (κ3) is 4.41. The van der Waals surface area contributed by atoms with E-state index in [0.717, 1.165) is 16.3 Å². The van der Waals surface area contributed by atoms with Gasteiger partial charge in [0, 0.05) is 44.1 Å². The van der Waals surface area contributed by atoms with E-state index in [1.807, 2.05) is 5.38 Å². The molecule has 0 aromatic carbocycles. The van der Waals surface area contributed by atoms with Gasteiger partial charge in [0.05, 0.1) is 0 Å². The topological polar surface area (TPSA) is 31.4 Å². The van der Waals surface area contributed by atoms with Crippen LogP contribution in [0.5, 0.6) is 0 Å². The molecular weight excluding hydrogens is 324 g/mol. The minimum Gasteiger partial charge on any atom is -0.360 e. The fourth-order valence-electron chi connectivity index (χ4n) is 2.47. The summed E-state index contributed by atoms with van der Waals surface area (Å²) in [7, 11) is 2.20. The van der Waals surface area contributed by atoms with Crippen LogP contribution in [-0.4, -0.2) is 60.6 Å². The summed E-state index contributed by atoms with van der Waals surface area (Å²) in [6.07, 6.45) is 0. The van der Waals surface area contributed by atoms with Gasteiger partial charge in [0.1, 0.15) is 4.60 Å². The van der Waals surface area contributed by atoms with Crippen LogP contribution in [0, 0.1) is 5.92 Å². The molecule has 108 valence electrons. The molecule has 0 aliphatic carbocycles. The van der Waals surface area contributed by atoms with E-state index in [1.165, 1.54) is 26.2 Å². The standard InChI is InChI=1S/C13H23BrN4S/c1-10(2)11(18-6-4-17(3)5-7-18)8-15-13-16-12(14)9-19-13/h9-11H,4-8H2,1-3H3,(H,15,16). The highest BCUT2D eigenvalue weighted by molar-refractivity contribution is 9.10. The van der Waals surface area contributed by atoms with Crippen LogP contribution in [0.3, 0.4) is 0 Å². The van der Waals surface area contributed by atoms with Crippen molar-refractivity contribution in [3.05, 3.63) is 9.98 Å². The number of aromatic nitrogens is 1. The summed E-state index contributed by atoms with van der Waals surface area (Å²) < 4.78 is 0.917. The van der Waals surface area contributed by atoms with Crippen molar-refractivity contribution in [1.29, 1.82) is 0 Å². The smallest absolute Gasteiger partial charge is 0.183 e. The van der Waals surface area contributed by atoms with Gasteiger partial charge < -0.3 is 10.2 Å². The van der Waals surface area contributed by atoms with Crippen molar-refractivity contribution in [3.63, 3.8) is 0 Å². The van der Waals surface area contributed by atoms with Crippen molar-refractivity contribution < 1.29 is 0 Å². The number of hydrogen-bond acceptors (Lipinski definition) is 5. The zero-order valence-electron chi connectivity index (χ0n) is 11.9. The highest BCUT2D eigenvalue weighted by Gasteiger charge is 2.24. The fourth-order valence-corrected chi connectivity index (χ4v) is 3.62. The normalized spacial score (nSPS) is 19.8. The number of thiazole rings is 1. The highest BCUT2D eigenvalue weighted by Crippen LogP contribution is 2.21. The SMILES string of the molecule is CC(C)C(CNc1nc(Br)cs1)N1CCN(C)CC1. The Hall–Kier alpha value is -0.170. The summed E-state index contributed by atoms with van der Waals surface area (Å²) in [5.74, 6) is 0.652. The summed E-state index contributed by atoms with van der Waals surface area (Å²) in [5.41, 5.74) is 0. The number of halogens is 1. The van der Waals surface area contributed by atoms with Crippen molar-refractivity contribution in [3.8, 4) is 0 Å². The second kappa shape index (κ2) is 7.02. The molecule has 1 N–H and O–H groups in total. The Morgan fingerprint density at radius 1 is 1.37 bits per heavy atom. The zero-order chi connectivity index (χ0) is 13.8. The first kappa shape index (κ1) is 15.2. The number of rotatable bonds is 5. The minimum atomic E-state index is 0.580. The van der Waals surface area contributed by atoms with Gasteiger partial charge >= 0.3 is 0 Å². The van der Waals surface area contributed by atoms with Crippen molar-refractivity contribution >= 4 is 32.4 Å². The Morgan fingerprint density at radius 2 is 2.05 bits per heavy atom. The molecule has 1 saturated heterocycles. The lowest BCUT2D eigenvalue weighted by molar-refractivity contribution is 0.0944. The molecule has 0 saturated carbocycles. The van der Waals surface area contributed by atoms with Crippen molar-refractivity contribution in [2.24, 2.45) is 5.92 Å². The van der Waals surface area contributed by atoms with Gasteiger partial charge in [0.2, 0.25) is 0 Å². The van der Waals surface area contributed by atoms with Gasteiger partial charge in [-0.25, -0.2) is 4.98 Å². The molecule has 19 heavy (non-hydrogen) atoms. The van der Waals surface area contributed by atoms with Gasteiger partial charge in [-0.2, -0.15) is 0 Å².